The molecule has 2 aromatic carbocycles. The average Bonchev–Trinajstić information content (AvgIpc) is 2.34. The number of hydrogen-bond acceptors (Lipinski definition) is 2. The van der Waals surface area contributed by atoms with Gasteiger partial charge in [-0.05, 0) is 43.2 Å². The number of ether oxygens (including phenoxy) is 1. The van der Waals surface area contributed by atoms with E-state index in [4.69, 9.17) is 4.74 Å². The van der Waals surface area contributed by atoms with Crippen LogP contribution in [0.2, 0.25) is 0 Å². The largest absolute Gasteiger partial charge is 0.457 e. The molecule has 2 rings (SSSR count). The summed E-state index contributed by atoms with van der Waals surface area (Å²) >= 11 is 0. The number of carbonyl (C=O) groups is 1. The van der Waals surface area contributed by atoms with E-state index in [0.29, 0.717) is 0 Å². The highest BCUT2D eigenvalue weighted by Gasteiger charge is 2.13. The van der Waals surface area contributed by atoms with Crippen LogP contribution >= 0.6 is 0 Å². The van der Waals surface area contributed by atoms with Gasteiger partial charge in [0, 0.05) is 6.08 Å². The van der Waals surface area contributed by atoms with Gasteiger partial charge in [0.2, 0.25) is 0 Å². The topological polar surface area (TPSA) is 26.3 Å². The zero-order valence-electron chi connectivity index (χ0n) is 11.5. The van der Waals surface area contributed by atoms with Gasteiger partial charge in [0.1, 0.15) is 5.60 Å². The monoisotopic (exact) mass is 254 g/mol. The van der Waals surface area contributed by atoms with Gasteiger partial charge in [0.25, 0.3) is 0 Å². The summed E-state index contributed by atoms with van der Waals surface area (Å²) in [6, 6.07) is 14.1. The average molecular weight is 254 g/mol. The summed E-state index contributed by atoms with van der Waals surface area (Å²) in [5, 5.41) is 2.29. The molecule has 0 heterocycles. The predicted molar refractivity (Wildman–Crippen MR) is 78.8 cm³/mol. The van der Waals surface area contributed by atoms with Gasteiger partial charge in [0.05, 0.1) is 0 Å². The summed E-state index contributed by atoms with van der Waals surface area (Å²) in [5.41, 5.74) is 0.559. The highest BCUT2D eigenvalue weighted by molar-refractivity contribution is 5.94. The lowest BCUT2D eigenvalue weighted by atomic mass is 10.0. The van der Waals surface area contributed by atoms with E-state index >= 15 is 0 Å². The quantitative estimate of drug-likeness (QED) is 0.593. The minimum absolute atomic E-state index is 0.319. The summed E-state index contributed by atoms with van der Waals surface area (Å²) in [4.78, 5) is 11.7. The third-order valence-corrected chi connectivity index (χ3v) is 2.63. The molecular weight excluding hydrogens is 236 g/mol. The van der Waals surface area contributed by atoms with Crippen molar-refractivity contribution in [3.8, 4) is 0 Å². The van der Waals surface area contributed by atoms with Crippen LogP contribution in [0, 0.1) is 0 Å². The zero-order valence-corrected chi connectivity index (χ0v) is 11.5. The first-order valence-electron chi connectivity index (χ1n) is 6.34. The van der Waals surface area contributed by atoms with Crippen LogP contribution in [0.4, 0.5) is 0 Å². The number of benzene rings is 2. The van der Waals surface area contributed by atoms with E-state index in [9.17, 15) is 4.79 Å². The second-order valence-corrected chi connectivity index (χ2v) is 5.44. The molecule has 0 amide bonds. The molecule has 0 aromatic heterocycles. The molecule has 0 unspecified atom stereocenters. The van der Waals surface area contributed by atoms with E-state index in [2.05, 4.69) is 12.1 Å². The first-order chi connectivity index (χ1) is 8.96. The second kappa shape index (κ2) is 5.27. The molecule has 0 saturated carbocycles. The van der Waals surface area contributed by atoms with Crippen LogP contribution in [0.25, 0.3) is 16.8 Å². The lowest BCUT2D eigenvalue weighted by Gasteiger charge is -2.17. The summed E-state index contributed by atoms with van der Waals surface area (Å²) < 4.78 is 5.25. The standard InChI is InChI=1S/C17H18O2/c1-17(2,3)19-16(18)12-11-14-9-6-8-13-7-4-5-10-15(13)14/h4-12H,1-3H3/b12-11+. The molecule has 0 saturated heterocycles. The molecular formula is C17H18O2. The van der Waals surface area contributed by atoms with Crippen molar-refractivity contribution in [2.24, 2.45) is 0 Å². The number of fused-ring (bicyclic) bond motifs is 1. The van der Waals surface area contributed by atoms with Gasteiger partial charge >= 0.3 is 5.97 Å². The fourth-order valence-corrected chi connectivity index (χ4v) is 1.89. The maximum Gasteiger partial charge on any atom is 0.331 e. The molecule has 0 aliphatic carbocycles. The fraction of sp³-hybridized carbons (Fsp3) is 0.235. The van der Waals surface area contributed by atoms with Crippen molar-refractivity contribution < 1.29 is 9.53 Å². The Labute approximate surface area is 113 Å². The molecule has 2 heteroatoms. The minimum atomic E-state index is -0.458. The maximum atomic E-state index is 11.7. The molecule has 19 heavy (non-hydrogen) atoms. The molecule has 0 radical (unpaired) electrons. The number of carbonyl (C=O) groups excluding carboxylic acids is 1. The second-order valence-electron chi connectivity index (χ2n) is 5.44. The van der Waals surface area contributed by atoms with Crippen LogP contribution in [-0.4, -0.2) is 11.6 Å². The van der Waals surface area contributed by atoms with Crippen molar-refractivity contribution in [2.75, 3.05) is 0 Å². The van der Waals surface area contributed by atoms with Gasteiger partial charge in [-0.2, -0.15) is 0 Å². The molecule has 98 valence electrons. The first kappa shape index (κ1) is 13.3. The van der Waals surface area contributed by atoms with Crippen LogP contribution in [-0.2, 0) is 9.53 Å². The highest BCUT2D eigenvalue weighted by atomic mass is 16.6. The van der Waals surface area contributed by atoms with Crippen LogP contribution in [0.1, 0.15) is 26.3 Å². The van der Waals surface area contributed by atoms with Gasteiger partial charge in [0.15, 0.2) is 0 Å². The Morgan fingerprint density at radius 1 is 1.05 bits per heavy atom. The van der Waals surface area contributed by atoms with Gasteiger partial charge in [-0.3, -0.25) is 0 Å². The summed E-state index contributed by atoms with van der Waals surface area (Å²) in [5.74, 6) is -0.319. The van der Waals surface area contributed by atoms with Crippen molar-refractivity contribution in [1.29, 1.82) is 0 Å². The van der Waals surface area contributed by atoms with Crippen LogP contribution in [0.3, 0.4) is 0 Å². The Balaban J connectivity index is 2.24. The van der Waals surface area contributed by atoms with E-state index in [1.807, 2.05) is 51.1 Å². The van der Waals surface area contributed by atoms with E-state index in [-0.39, 0.29) is 5.97 Å². The van der Waals surface area contributed by atoms with Crippen LogP contribution in [0.5, 0.6) is 0 Å². The van der Waals surface area contributed by atoms with Gasteiger partial charge < -0.3 is 4.74 Å². The van der Waals surface area contributed by atoms with Crippen molar-refractivity contribution in [3.63, 3.8) is 0 Å². The molecule has 0 spiro atoms. The van der Waals surface area contributed by atoms with E-state index < -0.39 is 5.60 Å². The summed E-state index contributed by atoms with van der Waals surface area (Å²) in [6.07, 6.45) is 3.28. The van der Waals surface area contributed by atoms with Gasteiger partial charge in [-0.25, -0.2) is 4.79 Å². The normalized spacial score (nSPS) is 11.9. The number of esters is 1. The molecule has 0 bridgehead atoms. The van der Waals surface area contributed by atoms with Gasteiger partial charge in [-0.15, -0.1) is 0 Å². The van der Waals surface area contributed by atoms with Crippen LogP contribution in [0.15, 0.2) is 48.5 Å². The van der Waals surface area contributed by atoms with E-state index in [1.54, 1.807) is 6.08 Å². The lowest BCUT2D eigenvalue weighted by Crippen LogP contribution is -2.22. The third-order valence-electron chi connectivity index (χ3n) is 2.63. The molecule has 2 nitrogen and oxygen atoms in total. The third kappa shape index (κ3) is 3.68. The number of hydrogen-bond donors (Lipinski definition) is 0. The van der Waals surface area contributed by atoms with Gasteiger partial charge in [-0.1, -0.05) is 42.5 Å². The Bertz CT molecular complexity index is 613. The minimum Gasteiger partial charge on any atom is -0.457 e. The van der Waals surface area contributed by atoms with E-state index in [0.717, 1.165) is 16.3 Å². The smallest absolute Gasteiger partial charge is 0.331 e. The van der Waals surface area contributed by atoms with Crippen molar-refractivity contribution in [1.82, 2.24) is 0 Å². The Hall–Kier alpha value is -2.09. The van der Waals surface area contributed by atoms with Crippen molar-refractivity contribution in [2.45, 2.75) is 26.4 Å². The Morgan fingerprint density at radius 3 is 2.47 bits per heavy atom. The summed E-state index contributed by atoms with van der Waals surface area (Å²) in [7, 11) is 0. The molecule has 0 aliphatic rings. The molecule has 2 aromatic rings. The molecule has 0 fully saturated rings. The SMILES string of the molecule is CC(C)(C)OC(=O)/C=C/c1cccc2ccccc12. The first-order valence-corrected chi connectivity index (χ1v) is 6.34. The number of rotatable bonds is 2. The highest BCUT2D eigenvalue weighted by Crippen LogP contribution is 2.19. The van der Waals surface area contributed by atoms with Crippen LogP contribution < -0.4 is 0 Å². The summed E-state index contributed by atoms with van der Waals surface area (Å²) in [6.45, 7) is 5.57. The Kier molecular flexibility index (Phi) is 3.70. The fourth-order valence-electron chi connectivity index (χ4n) is 1.89. The van der Waals surface area contributed by atoms with Crippen molar-refractivity contribution >= 4 is 22.8 Å². The molecule has 0 N–H and O–H groups in total. The van der Waals surface area contributed by atoms with Crippen molar-refractivity contribution in [3.05, 3.63) is 54.1 Å². The van der Waals surface area contributed by atoms with E-state index in [1.165, 1.54) is 6.08 Å². The Morgan fingerprint density at radius 2 is 1.74 bits per heavy atom. The zero-order chi connectivity index (χ0) is 13.9. The lowest BCUT2D eigenvalue weighted by molar-refractivity contribution is -0.148. The molecule has 0 aliphatic heterocycles. The maximum absolute atomic E-state index is 11.7. The molecule has 0 atom stereocenters. The predicted octanol–water partition coefficient (Wildman–Crippen LogP) is 4.19.